The van der Waals surface area contributed by atoms with E-state index in [0.29, 0.717) is 0 Å². The number of rotatable bonds is 13. The fraction of sp³-hybridized carbons (Fsp3) is 0.938. The molecule has 0 heterocycles. The second-order valence-electron chi connectivity index (χ2n) is 5.22. The van der Waals surface area contributed by atoms with Gasteiger partial charge in [0.05, 0.1) is 7.11 Å². The van der Waals surface area contributed by atoms with E-state index in [1.165, 1.54) is 64.9 Å². The summed E-state index contributed by atoms with van der Waals surface area (Å²) in [5.41, 5.74) is 0. The van der Waals surface area contributed by atoms with Gasteiger partial charge in [0, 0.05) is 7.11 Å². The third-order valence-electron chi connectivity index (χ3n) is 3.57. The molecule has 0 rings (SSSR count). The summed E-state index contributed by atoms with van der Waals surface area (Å²) in [7, 11) is 2.98. The lowest BCUT2D eigenvalue weighted by Gasteiger charge is -2.12. The van der Waals surface area contributed by atoms with Crippen LogP contribution in [0.5, 0.6) is 0 Å². The Kier molecular flexibility index (Phi) is 13.4. The molecule has 0 aliphatic rings. The molecule has 3 nitrogen and oxygen atoms in total. The van der Waals surface area contributed by atoms with Crippen LogP contribution in [0.1, 0.15) is 77.6 Å². The first-order chi connectivity index (χ1) is 9.26. The molecule has 1 atom stereocenters. The van der Waals surface area contributed by atoms with E-state index in [2.05, 4.69) is 11.7 Å². The lowest BCUT2D eigenvalue weighted by Crippen LogP contribution is -2.24. The van der Waals surface area contributed by atoms with Crippen molar-refractivity contribution >= 4 is 5.97 Å². The molecule has 0 aromatic carbocycles. The van der Waals surface area contributed by atoms with Gasteiger partial charge in [-0.25, -0.2) is 4.79 Å². The third-order valence-corrected chi connectivity index (χ3v) is 3.57. The monoisotopic (exact) mass is 272 g/mol. The summed E-state index contributed by atoms with van der Waals surface area (Å²) >= 11 is 0. The van der Waals surface area contributed by atoms with E-state index in [9.17, 15) is 4.79 Å². The van der Waals surface area contributed by atoms with Crippen LogP contribution in [0, 0.1) is 0 Å². The van der Waals surface area contributed by atoms with E-state index in [1.807, 2.05) is 0 Å². The molecule has 0 saturated heterocycles. The Balaban J connectivity index is 3.28. The normalized spacial score (nSPS) is 12.4. The Morgan fingerprint density at radius 1 is 0.842 bits per heavy atom. The van der Waals surface area contributed by atoms with E-state index in [-0.39, 0.29) is 12.1 Å². The maximum absolute atomic E-state index is 11.3. The standard InChI is InChI=1S/C16H32O3/c1-4-5-6-7-8-9-10-11-12-13-14-15(18-2)16(17)19-3/h15H,4-14H2,1-3H3. The first kappa shape index (κ1) is 18.4. The molecular formula is C16H32O3. The van der Waals surface area contributed by atoms with Crippen LogP contribution in [0.25, 0.3) is 0 Å². The number of methoxy groups -OCH3 is 2. The van der Waals surface area contributed by atoms with Crippen LogP contribution >= 0.6 is 0 Å². The molecule has 114 valence electrons. The summed E-state index contributed by atoms with van der Waals surface area (Å²) < 4.78 is 9.79. The highest BCUT2D eigenvalue weighted by atomic mass is 16.6. The highest BCUT2D eigenvalue weighted by Crippen LogP contribution is 2.13. The predicted molar refractivity (Wildman–Crippen MR) is 79.3 cm³/mol. The fourth-order valence-corrected chi connectivity index (χ4v) is 2.28. The molecule has 0 fully saturated rings. The largest absolute Gasteiger partial charge is 0.467 e. The first-order valence-corrected chi connectivity index (χ1v) is 7.86. The van der Waals surface area contributed by atoms with Gasteiger partial charge in [0.25, 0.3) is 0 Å². The average molecular weight is 272 g/mol. The number of carbonyl (C=O) groups excluding carboxylic acids is 1. The number of unbranched alkanes of at least 4 members (excludes halogenated alkanes) is 9. The molecule has 0 aliphatic heterocycles. The maximum Gasteiger partial charge on any atom is 0.334 e. The van der Waals surface area contributed by atoms with Crippen molar-refractivity contribution < 1.29 is 14.3 Å². The fourth-order valence-electron chi connectivity index (χ4n) is 2.28. The van der Waals surface area contributed by atoms with Crippen molar-refractivity contribution in [2.45, 2.75) is 83.7 Å². The molecule has 1 unspecified atom stereocenters. The van der Waals surface area contributed by atoms with E-state index in [0.717, 1.165) is 12.8 Å². The van der Waals surface area contributed by atoms with Crippen molar-refractivity contribution in [2.75, 3.05) is 14.2 Å². The van der Waals surface area contributed by atoms with Gasteiger partial charge in [0.15, 0.2) is 6.10 Å². The van der Waals surface area contributed by atoms with Crippen LogP contribution in [0.2, 0.25) is 0 Å². The molecule has 0 spiro atoms. The minimum absolute atomic E-state index is 0.251. The third kappa shape index (κ3) is 11.0. The van der Waals surface area contributed by atoms with Crippen molar-refractivity contribution in [3.05, 3.63) is 0 Å². The molecule has 19 heavy (non-hydrogen) atoms. The van der Waals surface area contributed by atoms with Gasteiger partial charge < -0.3 is 9.47 Å². The first-order valence-electron chi connectivity index (χ1n) is 7.86. The molecule has 0 aromatic heterocycles. The van der Waals surface area contributed by atoms with Gasteiger partial charge in [-0.15, -0.1) is 0 Å². The van der Waals surface area contributed by atoms with Gasteiger partial charge in [-0.05, 0) is 6.42 Å². The minimum Gasteiger partial charge on any atom is -0.467 e. The van der Waals surface area contributed by atoms with Crippen LogP contribution in [-0.4, -0.2) is 26.3 Å². The van der Waals surface area contributed by atoms with Crippen LogP contribution in [-0.2, 0) is 14.3 Å². The highest BCUT2D eigenvalue weighted by Gasteiger charge is 2.16. The topological polar surface area (TPSA) is 35.5 Å². The van der Waals surface area contributed by atoms with Crippen molar-refractivity contribution in [3.63, 3.8) is 0 Å². The Bertz CT molecular complexity index is 204. The Hall–Kier alpha value is -0.570. The second kappa shape index (κ2) is 13.9. The Morgan fingerprint density at radius 3 is 1.74 bits per heavy atom. The molecule has 0 N–H and O–H groups in total. The summed E-state index contributed by atoms with van der Waals surface area (Å²) in [4.78, 5) is 11.3. The Labute approximate surface area is 119 Å². The summed E-state index contributed by atoms with van der Waals surface area (Å²) in [5, 5.41) is 0. The summed E-state index contributed by atoms with van der Waals surface area (Å²) in [5.74, 6) is -0.251. The van der Waals surface area contributed by atoms with Crippen molar-refractivity contribution in [2.24, 2.45) is 0 Å². The SMILES string of the molecule is CCCCCCCCCCCCC(OC)C(=O)OC. The van der Waals surface area contributed by atoms with Crippen LogP contribution in [0.3, 0.4) is 0 Å². The molecule has 0 saturated carbocycles. The number of ether oxygens (including phenoxy) is 2. The summed E-state index contributed by atoms with van der Waals surface area (Å²) in [6, 6.07) is 0. The van der Waals surface area contributed by atoms with E-state index < -0.39 is 0 Å². The average Bonchev–Trinajstić information content (AvgIpc) is 2.44. The lowest BCUT2D eigenvalue weighted by atomic mass is 10.0. The number of carbonyl (C=O) groups is 1. The van der Waals surface area contributed by atoms with Crippen LogP contribution in [0.15, 0.2) is 0 Å². The molecule has 0 bridgehead atoms. The van der Waals surface area contributed by atoms with Crippen molar-refractivity contribution in [1.82, 2.24) is 0 Å². The minimum atomic E-state index is -0.376. The van der Waals surface area contributed by atoms with Gasteiger partial charge in [-0.2, -0.15) is 0 Å². The Morgan fingerprint density at radius 2 is 1.32 bits per heavy atom. The summed E-state index contributed by atoms with van der Waals surface area (Å²) in [6.45, 7) is 2.25. The van der Waals surface area contributed by atoms with Gasteiger partial charge in [-0.3, -0.25) is 0 Å². The second-order valence-corrected chi connectivity index (χ2v) is 5.22. The zero-order valence-electron chi connectivity index (χ0n) is 13.1. The molecule has 0 aliphatic carbocycles. The molecular weight excluding hydrogens is 240 g/mol. The number of hydrogen-bond acceptors (Lipinski definition) is 3. The molecule has 0 amide bonds. The van der Waals surface area contributed by atoms with Crippen molar-refractivity contribution in [3.8, 4) is 0 Å². The van der Waals surface area contributed by atoms with E-state index >= 15 is 0 Å². The highest BCUT2D eigenvalue weighted by molar-refractivity contribution is 5.74. The van der Waals surface area contributed by atoms with E-state index in [1.54, 1.807) is 7.11 Å². The molecule has 0 aromatic rings. The quantitative estimate of drug-likeness (QED) is 0.366. The van der Waals surface area contributed by atoms with Crippen LogP contribution < -0.4 is 0 Å². The maximum atomic E-state index is 11.3. The van der Waals surface area contributed by atoms with Gasteiger partial charge >= 0.3 is 5.97 Å². The van der Waals surface area contributed by atoms with Crippen LogP contribution in [0.4, 0.5) is 0 Å². The van der Waals surface area contributed by atoms with Crippen molar-refractivity contribution in [1.29, 1.82) is 0 Å². The lowest BCUT2D eigenvalue weighted by molar-refractivity contribution is -0.152. The zero-order valence-corrected chi connectivity index (χ0v) is 13.1. The predicted octanol–water partition coefficient (Wildman–Crippen LogP) is 4.49. The number of hydrogen-bond donors (Lipinski definition) is 0. The van der Waals surface area contributed by atoms with Gasteiger partial charge in [-0.1, -0.05) is 71.1 Å². The van der Waals surface area contributed by atoms with Gasteiger partial charge in [0.1, 0.15) is 0 Å². The van der Waals surface area contributed by atoms with Gasteiger partial charge in [0.2, 0.25) is 0 Å². The zero-order chi connectivity index (χ0) is 14.3. The number of esters is 1. The smallest absolute Gasteiger partial charge is 0.334 e. The van der Waals surface area contributed by atoms with E-state index in [4.69, 9.17) is 4.74 Å². The molecule has 0 radical (unpaired) electrons. The molecule has 3 heteroatoms. The summed E-state index contributed by atoms with van der Waals surface area (Å²) in [6.07, 6.45) is 13.4.